The third kappa shape index (κ3) is 5.84. The number of aliphatic imine (C=N–C) groups is 1. The molecule has 4 rings (SSSR count). The van der Waals surface area contributed by atoms with Crippen molar-refractivity contribution in [2.75, 3.05) is 10.6 Å². The van der Waals surface area contributed by atoms with E-state index in [4.69, 9.17) is 0 Å². The number of imidazole rings is 2. The Hall–Kier alpha value is -4.19. The SMILES string of the molecule is C=N/C(C(=O)Nc1nc2c(C(=O)Nc3ncc[nH]3)cccc2[nH]1)=C(/C#CC1CCCCC1)CCC. The summed E-state index contributed by atoms with van der Waals surface area (Å²) in [5.41, 5.74) is 2.26. The molecule has 0 saturated heterocycles. The Morgan fingerprint density at radius 1 is 1.20 bits per heavy atom. The van der Waals surface area contributed by atoms with Crippen LogP contribution in [0.15, 0.2) is 46.9 Å². The van der Waals surface area contributed by atoms with Crippen LogP contribution < -0.4 is 10.6 Å². The van der Waals surface area contributed by atoms with Gasteiger partial charge in [-0.1, -0.05) is 50.5 Å². The highest BCUT2D eigenvalue weighted by Gasteiger charge is 2.18. The number of anilines is 2. The number of benzene rings is 1. The summed E-state index contributed by atoms with van der Waals surface area (Å²) in [5, 5.41) is 5.44. The van der Waals surface area contributed by atoms with Crippen molar-refractivity contribution in [3.63, 3.8) is 0 Å². The van der Waals surface area contributed by atoms with Crippen LogP contribution in [0, 0.1) is 17.8 Å². The molecule has 9 nitrogen and oxygen atoms in total. The van der Waals surface area contributed by atoms with Crippen molar-refractivity contribution < 1.29 is 9.59 Å². The zero-order valence-corrected chi connectivity index (χ0v) is 19.8. The van der Waals surface area contributed by atoms with Gasteiger partial charge in [0.1, 0.15) is 11.2 Å². The molecule has 1 fully saturated rings. The maximum absolute atomic E-state index is 13.1. The summed E-state index contributed by atoms with van der Waals surface area (Å²) in [6.07, 6.45) is 10.5. The van der Waals surface area contributed by atoms with E-state index in [1.165, 1.54) is 19.3 Å². The molecule has 0 radical (unpaired) electrons. The van der Waals surface area contributed by atoms with Gasteiger partial charge >= 0.3 is 0 Å². The number of amides is 2. The van der Waals surface area contributed by atoms with Crippen molar-refractivity contribution in [2.45, 2.75) is 51.9 Å². The van der Waals surface area contributed by atoms with Crippen LogP contribution in [0.4, 0.5) is 11.9 Å². The molecule has 0 aliphatic heterocycles. The molecule has 9 heteroatoms. The standard InChI is InChI=1S/C26H29N7O2/c1-3-8-18(14-13-17-9-5-4-6-10-17)21(27-2)24(35)33-26-30-20-12-7-11-19(22(20)31-26)23(34)32-25-28-15-16-29-25/h7,11-12,15-17H,2-6,8-10H2,1H3,(H2,28,29,32,34)(H2,30,31,33,35)/b21-18+. The van der Waals surface area contributed by atoms with Crippen molar-refractivity contribution in [1.82, 2.24) is 19.9 Å². The van der Waals surface area contributed by atoms with Gasteiger partial charge in [0.2, 0.25) is 11.9 Å². The first-order valence-corrected chi connectivity index (χ1v) is 11.9. The molecule has 2 amide bonds. The Labute approximate surface area is 203 Å². The highest BCUT2D eigenvalue weighted by Crippen LogP contribution is 2.24. The highest BCUT2D eigenvalue weighted by molar-refractivity contribution is 6.11. The molecule has 4 N–H and O–H groups in total. The van der Waals surface area contributed by atoms with Crippen LogP contribution in [0.3, 0.4) is 0 Å². The topological polar surface area (TPSA) is 128 Å². The lowest BCUT2D eigenvalue weighted by atomic mass is 9.89. The number of rotatable bonds is 7. The van der Waals surface area contributed by atoms with Crippen LogP contribution >= 0.6 is 0 Å². The van der Waals surface area contributed by atoms with E-state index in [0.717, 1.165) is 19.3 Å². The molecule has 2 aromatic heterocycles. The van der Waals surface area contributed by atoms with Gasteiger partial charge in [-0.3, -0.25) is 25.2 Å². The van der Waals surface area contributed by atoms with Gasteiger partial charge in [0.15, 0.2) is 0 Å². The van der Waals surface area contributed by atoms with Crippen LogP contribution in [0.2, 0.25) is 0 Å². The Balaban J connectivity index is 1.57. The van der Waals surface area contributed by atoms with E-state index in [2.05, 4.69) is 54.1 Å². The lowest BCUT2D eigenvalue weighted by molar-refractivity contribution is -0.113. The maximum atomic E-state index is 13.1. The Morgan fingerprint density at radius 2 is 2.03 bits per heavy atom. The fourth-order valence-corrected chi connectivity index (χ4v) is 4.18. The van der Waals surface area contributed by atoms with Gasteiger partial charge in [-0.2, -0.15) is 0 Å². The lowest BCUT2D eigenvalue weighted by Crippen LogP contribution is -2.16. The smallest absolute Gasteiger partial charge is 0.277 e. The molecular formula is C26H29N7O2. The average molecular weight is 472 g/mol. The third-order valence-electron chi connectivity index (χ3n) is 5.91. The summed E-state index contributed by atoms with van der Waals surface area (Å²) in [7, 11) is 0. The molecule has 2 heterocycles. The predicted octanol–water partition coefficient (Wildman–Crippen LogP) is 4.82. The molecule has 0 spiro atoms. The molecule has 0 unspecified atom stereocenters. The van der Waals surface area contributed by atoms with Gasteiger partial charge in [0.25, 0.3) is 11.8 Å². The number of aromatic amines is 2. The fourth-order valence-electron chi connectivity index (χ4n) is 4.18. The number of nitrogens with one attached hydrogen (secondary N) is 4. The third-order valence-corrected chi connectivity index (χ3v) is 5.91. The van der Waals surface area contributed by atoms with Gasteiger partial charge < -0.3 is 9.97 Å². The van der Waals surface area contributed by atoms with Crippen molar-refractivity contribution in [2.24, 2.45) is 10.9 Å². The van der Waals surface area contributed by atoms with Crippen LogP contribution in [0.1, 0.15) is 62.2 Å². The number of allylic oxidation sites excluding steroid dienone is 1. The van der Waals surface area contributed by atoms with E-state index in [9.17, 15) is 9.59 Å². The van der Waals surface area contributed by atoms with E-state index >= 15 is 0 Å². The number of carbonyl (C=O) groups excluding carboxylic acids is 2. The van der Waals surface area contributed by atoms with Gasteiger partial charge in [0.05, 0.1) is 11.1 Å². The number of fused-ring (bicyclic) bond motifs is 1. The molecule has 0 bridgehead atoms. The van der Waals surface area contributed by atoms with E-state index in [1.807, 2.05) is 6.92 Å². The van der Waals surface area contributed by atoms with Crippen molar-refractivity contribution in [1.29, 1.82) is 0 Å². The largest absolute Gasteiger partial charge is 0.331 e. The second kappa shape index (κ2) is 11.3. The molecule has 3 aromatic rings. The van der Waals surface area contributed by atoms with Crippen LogP contribution in [0.5, 0.6) is 0 Å². The molecule has 1 saturated carbocycles. The van der Waals surface area contributed by atoms with Crippen LogP contribution in [-0.4, -0.2) is 38.5 Å². The number of H-pyrrole nitrogens is 2. The molecule has 1 aliphatic carbocycles. The molecule has 1 aromatic carbocycles. The van der Waals surface area contributed by atoms with Crippen molar-refractivity contribution >= 4 is 41.5 Å². The van der Waals surface area contributed by atoms with Gasteiger partial charge in [-0.15, -0.1) is 0 Å². The first-order chi connectivity index (χ1) is 17.1. The summed E-state index contributed by atoms with van der Waals surface area (Å²) in [6, 6.07) is 5.17. The minimum Gasteiger partial charge on any atom is -0.331 e. The summed E-state index contributed by atoms with van der Waals surface area (Å²) in [5.74, 6) is 6.67. The number of hydrogen-bond acceptors (Lipinski definition) is 5. The maximum Gasteiger partial charge on any atom is 0.277 e. The van der Waals surface area contributed by atoms with Crippen molar-refractivity contribution in [3.05, 3.63) is 47.4 Å². The zero-order valence-electron chi connectivity index (χ0n) is 19.8. The minimum atomic E-state index is -0.443. The Kier molecular flexibility index (Phi) is 7.73. The lowest BCUT2D eigenvalue weighted by Gasteiger charge is -2.15. The number of hydrogen-bond donors (Lipinski definition) is 4. The summed E-state index contributed by atoms with van der Waals surface area (Å²) in [4.78, 5) is 44.1. The molecular weight excluding hydrogens is 442 g/mol. The van der Waals surface area contributed by atoms with Gasteiger partial charge in [0, 0.05) is 23.9 Å². The van der Waals surface area contributed by atoms with E-state index < -0.39 is 5.91 Å². The number of para-hydroxylation sites is 1. The average Bonchev–Trinajstić information content (AvgIpc) is 3.52. The molecule has 0 atom stereocenters. The monoisotopic (exact) mass is 471 g/mol. The summed E-state index contributed by atoms with van der Waals surface area (Å²) in [6.45, 7) is 5.65. The van der Waals surface area contributed by atoms with E-state index in [0.29, 0.717) is 40.5 Å². The first-order valence-electron chi connectivity index (χ1n) is 11.9. The number of nitrogens with zero attached hydrogens (tertiary/aromatic N) is 3. The molecule has 180 valence electrons. The second-order valence-corrected chi connectivity index (χ2v) is 8.47. The molecule has 35 heavy (non-hydrogen) atoms. The summed E-state index contributed by atoms with van der Waals surface area (Å²) >= 11 is 0. The zero-order chi connectivity index (χ0) is 24.6. The Morgan fingerprint density at radius 3 is 2.74 bits per heavy atom. The quantitative estimate of drug-likeness (QED) is 0.224. The van der Waals surface area contributed by atoms with E-state index in [-0.39, 0.29) is 17.6 Å². The van der Waals surface area contributed by atoms with Gasteiger partial charge in [-0.25, -0.2) is 9.97 Å². The highest BCUT2D eigenvalue weighted by atomic mass is 16.2. The van der Waals surface area contributed by atoms with Gasteiger partial charge in [-0.05, 0) is 38.1 Å². The normalized spacial score (nSPS) is 14.5. The second-order valence-electron chi connectivity index (χ2n) is 8.47. The van der Waals surface area contributed by atoms with E-state index in [1.54, 1.807) is 30.6 Å². The first kappa shape index (κ1) is 24.0. The number of aromatic nitrogens is 4. The van der Waals surface area contributed by atoms with Crippen molar-refractivity contribution in [3.8, 4) is 11.8 Å². The predicted molar refractivity (Wildman–Crippen MR) is 137 cm³/mol. The number of carbonyl (C=O) groups is 2. The molecule has 1 aliphatic rings. The summed E-state index contributed by atoms with van der Waals surface area (Å²) < 4.78 is 0. The van der Waals surface area contributed by atoms with Crippen LogP contribution in [0.25, 0.3) is 11.0 Å². The minimum absolute atomic E-state index is 0.200. The Bertz CT molecular complexity index is 1300. The fraction of sp³-hybridized carbons (Fsp3) is 0.346. The van der Waals surface area contributed by atoms with Crippen LogP contribution in [-0.2, 0) is 4.79 Å².